The van der Waals surface area contributed by atoms with Gasteiger partial charge in [0.2, 0.25) is 5.82 Å². The lowest BCUT2D eigenvalue weighted by Gasteiger charge is -2.27. The smallest absolute Gasteiger partial charge is 0.376 e. The topological polar surface area (TPSA) is 60.2 Å². The standard InChI is InChI=1S/C11H16N4O2/c1-2-17-11(16)10-13-12-9-7-14(8-3-4-8)5-6-15(9)10/h8H,2-7H2,1H3. The number of rotatable bonds is 3. The summed E-state index contributed by atoms with van der Waals surface area (Å²) in [6.07, 6.45) is 2.58. The van der Waals surface area contributed by atoms with Gasteiger partial charge in [0.15, 0.2) is 0 Å². The first-order chi connectivity index (χ1) is 8.29. The number of hydrogen-bond donors (Lipinski definition) is 0. The number of carbonyl (C=O) groups excluding carboxylic acids is 1. The van der Waals surface area contributed by atoms with Gasteiger partial charge in [0, 0.05) is 19.1 Å². The molecule has 1 fully saturated rings. The molecule has 17 heavy (non-hydrogen) atoms. The molecular weight excluding hydrogens is 220 g/mol. The molecule has 0 amide bonds. The second kappa shape index (κ2) is 4.10. The molecule has 0 bridgehead atoms. The molecule has 0 spiro atoms. The molecule has 1 aliphatic heterocycles. The minimum Gasteiger partial charge on any atom is -0.460 e. The van der Waals surface area contributed by atoms with Crippen molar-refractivity contribution < 1.29 is 9.53 Å². The van der Waals surface area contributed by atoms with Crippen LogP contribution in [0.25, 0.3) is 0 Å². The number of hydrogen-bond acceptors (Lipinski definition) is 5. The number of nitrogens with zero attached hydrogens (tertiary/aromatic N) is 4. The van der Waals surface area contributed by atoms with Crippen molar-refractivity contribution in [2.24, 2.45) is 0 Å². The molecule has 1 aromatic heterocycles. The summed E-state index contributed by atoms with van der Waals surface area (Å²) in [5.41, 5.74) is 0. The first-order valence-corrected chi connectivity index (χ1v) is 6.13. The van der Waals surface area contributed by atoms with Gasteiger partial charge in [0.1, 0.15) is 5.82 Å². The van der Waals surface area contributed by atoms with Crippen molar-refractivity contribution in [3.8, 4) is 0 Å². The average molecular weight is 236 g/mol. The van der Waals surface area contributed by atoms with Crippen LogP contribution in [0, 0.1) is 0 Å². The van der Waals surface area contributed by atoms with E-state index >= 15 is 0 Å². The van der Waals surface area contributed by atoms with Gasteiger partial charge in [-0.05, 0) is 19.8 Å². The molecule has 1 saturated carbocycles. The molecule has 3 rings (SSSR count). The molecule has 2 aliphatic rings. The van der Waals surface area contributed by atoms with E-state index in [1.165, 1.54) is 12.8 Å². The van der Waals surface area contributed by atoms with Crippen LogP contribution in [0.1, 0.15) is 36.2 Å². The second-order valence-corrected chi connectivity index (χ2v) is 4.51. The summed E-state index contributed by atoms with van der Waals surface area (Å²) in [5.74, 6) is 0.856. The van der Waals surface area contributed by atoms with Crippen molar-refractivity contribution in [2.45, 2.75) is 38.9 Å². The van der Waals surface area contributed by atoms with E-state index in [0.29, 0.717) is 12.4 Å². The van der Waals surface area contributed by atoms with E-state index < -0.39 is 0 Å². The molecular formula is C11H16N4O2. The van der Waals surface area contributed by atoms with E-state index in [9.17, 15) is 4.79 Å². The molecule has 1 aliphatic carbocycles. The summed E-state index contributed by atoms with van der Waals surface area (Å²) < 4.78 is 6.85. The Hall–Kier alpha value is -1.43. The molecule has 0 N–H and O–H groups in total. The number of esters is 1. The van der Waals surface area contributed by atoms with Gasteiger partial charge in [-0.2, -0.15) is 0 Å². The predicted molar refractivity (Wildman–Crippen MR) is 59.4 cm³/mol. The van der Waals surface area contributed by atoms with Crippen LogP contribution < -0.4 is 0 Å². The largest absolute Gasteiger partial charge is 0.460 e. The van der Waals surface area contributed by atoms with E-state index in [1.54, 1.807) is 6.92 Å². The monoisotopic (exact) mass is 236 g/mol. The van der Waals surface area contributed by atoms with Crippen LogP contribution in [-0.4, -0.2) is 44.8 Å². The van der Waals surface area contributed by atoms with Crippen LogP contribution in [0.4, 0.5) is 0 Å². The summed E-state index contributed by atoms with van der Waals surface area (Å²) >= 11 is 0. The van der Waals surface area contributed by atoms with Crippen LogP contribution in [0.15, 0.2) is 0 Å². The van der Waals surface area contributed by atoms with Gasteiger partial charge in [-0.15, -0.1) is 10.2 Å². The van der Waals surface area contributed by atoms with Gasteiger partial charge in [-0.3, -0.25) is 4.90 Å². The molecule has 0 atom stereocenters. The van der Waals surface area contributed by atoms with Gasteiger partial charge < -0.3 is 9.30 Å². The Labute approximate surface area is 99.6 Å². The zero-order valence-corrected chi connectivity index (χ0v) is 9.93. The molecule has 0 saturated heterocycles. The normalized spacial score (nSPS) is 20.1. The Bertz CT molecular complexity index is 439. The SMILES string of the molecule is CCOC(=O)c1nnc2n1CCN(C1CC1)C2. The molecule has 0 unspecified atom stereocenters. The highest BCUT2D eigenvalue weighted by Gasteiger charge is 2.33. The van der Waals surface area contributed by atoms with Gasteiger partial charge >= 0.3 is 5.97 Å². The third-order valence-corrected chi connectivity index (χ3v) is 3.30. The Morgan fingerprint density at radius 3 is 2.94 bits per heavy atom. The van der Waals surface area contributed by atoms with Gasteiger partial charge in [0.25, 0.3) is 0 Å². The Balaban J connectivity index is 1.79. The second-order valence-electron chi connectivity index (χ2n) is 4.51. The minimum absolute atomic E-state index is 0.345. The summed E-state index contributed by atoms with van der Waals surface area (Å²) in [4.78, 5) is 14.1. The van der Waals surface area contributed by atoms with E-state index in [0.717, 1.165) is 31.5 Å². The van der Waals surface area contributed by atoms with Gasteiger partial charge in [-0.25, -0.2) is 4.79 Å². The highest BCUT2D eigenvalue weighted by Crippen LogP contribution is 2.29. The maximum atomic E-state index is 11.6. The lowest BCUT2D eigenvalue weighted by Crippen LogP contribution is -2.36. The molecule has 1 aromatic rings. The first-order valence-electron chi connectivity index (χ1n) is 6.13. The molecule has 0 aromatic carbocycles. The van der Waals surface area contributed by atoms with Crippen molar-refractivity contribution in [2.75, 3.05) is 13.2 Å². The Morgan fingerprint density at radius 1 is 1.41 bits per heavy atom. The number of fused-ring (bicyclic) bond motifs is 1. The summed E-state index contributed by atoms with van der Waals surface area (Å²) in [6, 6.07) is 0.728. The first kappa shape index (κ1) is 10.7. The van der Waals surface area contributed by atoms with Crippen LogP contribution in [0.2, 0.25) is 0 Å². The van der Waals surface area contributed by atoms with Crippen LogP contribution in [-0.2, 0) is 17.8 Å². The highest BCUT2D eigenvalue weighted by atomic mass is 16.5. The van der Waals surface area contributed by atoms with E-state index in [1.807, 2.05) is 4.57 Å². The van der Waals surface area contributed by atoms with E-state index in [-0.39, 0.29) is 5.97 Å². The highest BCUT2D eigenvalue weighted by molar-refractivity contribution is 5.85. The average Bonchev–Trinajstić information content (AvgIpc) is 3.09. The fourth-order valence-electron chi connectivity index (χ4n) is 2.27. The van der Waals surface area contributed by atoms with Gasteiger partial charge in [-0.1, -0.05) is 0 Å². The van der Waals surface area contributed by atoms with E-state index in [2.05, 4.69) is 15.1 Å². The van der Waals surface area contributed by atoms with Crippen LogP contribution >= 0.6 is 0 Å². The van der Waals surface area contributed by atoms with Crippen molar-refractivity contribution in [1.82, 2.24) is 19.7 Å². The third kappa shape index (κ3) is 1.93. The van der Waals surface area contributed by atoms with Crippen molar-refractivity contribution in [3.63, 3.8) is 0 Å². The number of carbonyl (C=O) groups is 1. The van der Waals surface area contributed by atoms with Crippen LogP contribution in [0.5, 0.6) is 0 Å². The quantitative estimate of drug-likeness (QED) is 0.712. The Kier molecular flexibility index (Phi) is 2.58. The summed E-state index contributed by atoms with van der Waals surface area (Å²) in [7, 11) is 0. The van der Waals surface area contributed by atoms with Crippen LogP contribution in [0.3, 0.4) is 0 Å². The number of aromatic nitrogens is 3. The lowest BCUT2D eigenvalue weighted by atomic mass is 10.3. The zero-order chi connectivity index (χ0) is 11.8. The predicted octanol–water partition coefficient (Wildman–Crippen LogP) is 0.433. The van der Waals surface area contributed by atoms with E-state index in [4.69, 9.17) is 4.74 Å². The minimum atomic E-state index is -0.369. The summed E-state index contributed by atoms with van der Waals surface area (Å²) in [6.45, 7) is 4.72. The Morgan fingerprint density at radius 2 is 2.24 bits per heavy atom. The number of ether oxygens (including phenoxy) is 1. The maximum absolute atomic E-state index is 11.6. The lowest BCUT2D eigenvalue weighted by molar-refractivity contribution is 0.0502. The fourth-order valence-corrected chi connectivity index (χ4v) is 2.27. The molecule has 6 nitrogen and oxygen atoms in total. The molecule has 6 heteroatoms. The fraction of sp³-hybridized carbons (Fsp3) is 0.727. The molecule has 92 valence electrons. The zero-order valence-electron chi connectivity index (χ0n) is 9.93. The molecule has 2 heterocycles. The van der Waals surface area contributed by atoms with Crippen molar-refractivity contribution in [1.29, 1.82) is 0 Å². The van der Waals surface area contributed by atoms with Crippen molar-refractivity contribution in [3.05, 3.63) is 11.6 Å². The third-order valence-electron chi connectivity index (χ3n) is 3.30. The van der Waals surface area contributed by atoms with Crippen molar-refractivity contribution >= 4 is 5.97 Å². The molecule has 0 radical (unpaired) electrons. The summed E-state index contributed by atoms with van der Waals surface area (Å²) in [5, 5.41) is 8.03. The maximum Gasteiger partial charge on any atom is 0.376 e. The van der Waals surface area contributed by atoms with Gasteiger partial charge in [0.05, 0.1) is 13.2 Å².